The number of hydrogen-bond donors (Lipinski definition) is 2. The maximum Gasteiger partial charge on any atom is 0.0462 e. The van der Waals surface area contributed by atoms with Gasteiger partial charge in [-0.1, -0.05) is 23.8 Å². The molecular weight excluding hydrogens is 244 g/mol. The number of aryl methyl sites for hydroxylation is 2. The SMILES string of the molecule is Cc1ccc(-c2cc3c([nH]2)CCNC3)c(C)c1.Cl. The van der Waals surface area contributed by atoms with Crippen LogP contribution in [0.5, 0.6) is 0 Å². The van der Waals surface area contributed by atoms with Gasteiger partial charge in [0.1, 0.15) is 0 Å². The first-order valence-electron chi connectivity index (χ1n) is 6.23. The van der Waals surface area contributed by atoms with Crippen molar-refractivity contribution in [3.05, 3.63) is 46.6 Å². The monoisotopic (exact) mass is 262 g/mol. The largest absolute Gasteiger partial charge is 0.358 e. The lowest BCUT2D eigenvalue weighted by Gasteiger charge is -2.11. The molecule has 0 atom stereocenters. The van der Waals surface area contributed by atoms with Gasteiger partial charge in [0.05, 0.1) is 0 Å². The van der Waals surface area contributed by atoms with Gasteiger partial charge in [-0.3, -0.25) is 0 Å². The van der Waals surface area contributed by atoms with Gasteiger partial charge in [-0.15, -0.1) is 12.4 Å². The highest BCUT2D eigenvalue weighted by molar-refractivity contribution is 5.85. The van der Waals surface area contributed by atoms with Crippen molar-refractivity contribution in [2.45, 2.75) is 26.8 Å². The Balaban J connectivity index is 0.00000120. The Hall–Kier alpha value is -1.25. The quantitative estimate of drug-likeness (QED) is 0.810. The van der Waals surface area contributed by atoms with Crippen molar-refractivity contribution >= 4 is 12.4 Å². The van der Waals surface area contributed by atoms with Crippen molar-refractivity contribution in [1.29, 1.82) is 0 Å². The summed E-state index contributed by atoms with van der Waals surface area (Å²) in [5.74, 6) is 0. The average molecular weight is 263 g/mol. The lowest BCUT2D eigenvalue weighted by Crippen LogP contribution is -2.22. The van der Waals surface area contributed by atoms with Crippen molar-refractivity contribution in [2.75, 3.05) is 6.54 Å². The second kappa shape index (κ2) is 5.17. The third kappa shape index (κ3) is 2.31. The molecule has 1 aromatic carbocycles. The van der Waals surface area contributed by atoms with E-state index in [1.54, 1.807) is 0 Å². The molecule has 0 bridgehead atoms. The number of aromatic nitrogens is 1. The van der Waals surface area contributed by atoms with Gasteiger partial charge in [0.2, 0.25) is 0 Å². The Bertz CT molecular complexity index is 534. The smallest absolute Gasteiger partial charge is 0.0462 e. The molecule has 3 rings (SSSR count). The zero-order valence-corrected chi connectivity index (χ0v) is 11.7. The van der Waals surface area contributed by atoms with Crippen LogP contribution < -0.4 is 5.32 Å². The molecule has 2 heterocycles. The second-order valence-electron chi connectivity index (χ2n) is 4.93. The van der Waals surface area contributed by atoms with E-state index in [1.807, 2.05) is 0 Å². The number of halogens is 1. The summed E-state index contributed by atoms with van der Waals surface area (Å²) in [5, 5.41) is 3.41. The van der Waals surface area contributed by atoms with E-state index < -0.39 is 0 Å². The van der Waals surface area contributed by atoms with Crippen LogP contribution in [0.4, 0.5) is 0 Å². The lowest BCUT2D eigenvalue weighted by atomic mass is 10.0. The van der Waals surface area contributed by atoms with Gasteiger partial charge in [0.15, 0.2) is 0 Å². The minimum atomic E-state index is 0. The van der Waals surface area contributed by atoms with E-state index in [0.29, 0.717) is 0 Å². The molecule has 1 aliphatic heterocycles. The molecule has 3 heteroatoms. The number of rotatable bonds is 1. The molecule has 0 amide bonds. The van der Waals surface area contributed by atoms with Crippen LogP contribution in [-0.4, -0.2) is 11.5 Å². The van der Waals surface area contributed by atoms with E-state index in [9.17, 15) is 0 Å². The zero-order chi connectivity index (χ0) is 11.8. The molecule has 0 spiro atoms. The number of fused-ring (bicyclic) bond motifs is 1. The number of hydrogen-bond acceptors (Lipinski definition) is 1. The topological polar surface area (TPSA) is 27.8 Å². The summed E-state index contributed by atoms with van der Waals surface area (Å²) in [6, 6.07) is 8.93. The first kappa shape index (κ1) is 13.2. The number of H-pyrrole nitrogens is 1. The molecule has 0 aliphatic carbocycles. The van der Waals surface area contributed by atoms with Gasteiger partial charge < -0.3 is 10.3 Å². The van der Waals surface area contributed by atoms with Crippen LogP contribution >= 0.6 is 12.4 Å². The standard InChI is InChI=1S/C15H18N2.ClH/c1-10-3-4-13(11(2)7-10)15-8-12-9-16-6-5-14(12)17-15;/h3-4,7-8,16-17H,5-6,9H2,1-2H3;1H. The molecule has 0 saturated carbocycles. The highest BCUT2D eigenvalue weighted by Crippen LogP contribution is 2.27. The van der Waals surface area contributed by atoms with Crippen LogP contribution in [0.2, 0.25) is 0 Å². The molecular formula is C15H19ClN2. The fourth-order valence-electron chi connectivity index (χ4n) is 2.62. The minimum Gasteiger partial charge on any atom is -0.358 e. The van der Waals surface area contributed by atoms with Crippen molar-refractivity contribution in [1.82, 2.24) is 10.3 Å². The van der Waals surface area contributed by atoms with E-state index in [0.717, 1.165) is 19.5 Å². The van der Waals surface area contributed by atoms with E-state index in [-0.39, 0.29) is 12.4 Å². The van der Waals surface area contributed by atoms with Crippen LogP contribution in [-0.2, 0) is 13.0 Å². The summed E-state index contributed by atoms with van der Waals surface area (Å²) >= 11 is 0. The average Bonchev–Trinajstić information content (AvgIpc) is 2.72. The molecule has 1 aromatic heterocycles. The highest BCUT2D eigenvalue weighted by atomic mass is 35.5. The maximum atomic E-state index is 3.57. The summed E-state index contributed by atoms with van der Waals surface area (Å²) in [6.45, 7) is 6.40. The van der Waals surface area contributed by atoms with Gasteiger partial charge >= 0.3 is 0 Å². The highest BCUT2D eigenvalue weighted by Gasteiger charge is 2.13. The van der Waals surface area contributed by atoms with Crippen molar-refractivity contribution < 1.29 is 0 Å². The fourth-order valence-corrected chi connectivity index (χ4v) is 2.62. The van der Waals surface area contributed by atoms with Gasteiger partial charge in [0, 0.05) is 36.5 Å². The van der Waals surface area contributed by atoms with E-state index >= 15 is 0 Å². The normalized spacial score (nSPS) is 13.9. The predicted molar refractivity (Wildman–Crippen MR) is 78.4 cm³/mol. The zero-order valence-electron chi connectivity index (χ0n) is 10.8. The second-order valence-corrected chi connectivity index (χ2v) is 4.93. The molecule has 2 N–H and O–H groups in total. The molecule has 0 fully saturated rings. The van der Waals surface area contributed by atoms with Crippen molar-refractivity contribution in [2.24, 2.45) is 0 Å². The Morgan fingerprint density at radius 1 is 1.11 bits per heavy atom. The van der Waals surface area contributed by atoms with Gasteiger partial charge in [0.25, 0.3) is 0 Å². The molecule has 2 aromatic rings. The minimum absolute atomic E-state index is 0. The first-order valence-corrected chi connectivity index (χ1v) is 6.23. The Labute approximate surface area is 114 Å². The molecule has 1 aliphatic rings. The summed E-state index contributed by atoms with van der Waals surface area (Å²) in [4.78, 5) is 3.57. The summed E-state index contributed by atoms with van der Waals surface area (Å²) in [5.41, 5.74) is 8.08. The molecule has 0 unspecified atom stereocenters. The predicted octanol–water partition coefficient (Wildman–Crippen LogP) is 3.37. The Morgan fingerprint density at radius 2 is 1.94 bits per heavy atom. The summed E-state index contributed by atoms with van der Waals surface area (Å²) < 4.78 is 0. The van der Waals surface area contributed by atoms with Gasteiger partial charge in [-0.2, -0.15) is 0 Å². The Kier molecular flexibility index (Phi) is 3.79. The third-order valence-electron chi connectivity index (χ3n) is 3.53. The summed E-state index contributed by atoms with van der Waals surface area (Å²) in [7, 11) is 0. The molecule has 96 valence electrons. The molecule has 0 saturated heterocycles. The maximum absolute atomic E-state index is 3.57. The van der Waals surface area contributed by atoms with Crippen LogP contribution in [0, 0.1) is 13.8 Å². The van der Waals surface area contributed by atoms with Crippen LogP contribution in [0.1, 0.15) is 22.4 Å². The van der Waals surface area contributed by atoms with E-state index in [4.69, 9.17) is 0 Å². The number of aromatic amines is 1. The molecule has 18 heavy (non-hydrogen) atoms. The molecule has 0 radical (unpaired) electrons. The van der Waals surface area contributed by atoms with Crippen LogP contribution in [0.3, 0.4) is 0 Å². The lowest BCUT2D eigenvalue weighted by molar-refractivity contribution is 0.638. The van der Waals surface area contributed by atoms with Crippen molar-refractivity contribution in [3.8, 4) is 11.3 Å². The first-order chi connectivity index (χ1) is 8.24. The number of nitrogens with one attached hydrogen (secondary N) is 2. The van der Waals surface area contributed by atoms with Gasteiger partial charge in [-0.25, -0.2) is 0 Å². The third-order valence-corrected chi connectivity index (χ3v) is 3.53. The van der Waals surface area contributed by atoms with Crippen molar-refractivity contribution in [3.63, 3.8) is 0 Å². The summed E-state index contributed by atoms with van der Waals surface area (Å²) in [6.07, 6.45) is 1.11. The van der Waals surface area contributed by atoms with E-state index in [1.165, 1.54) is 33.6 Å². The van der Waals surface area contributed by atoms with E-state index in [2.05, 4.69) is 48.4 Å². The van der Waals surface area contributed by atoms with Crippen LogP contribution in [0.15, 0.2) is 24.3 Å². The number of benzene rings is 1. The molecule has 2 nitrogen and oxygen atoms in total. The van der Waals surface area contributed by atoms with Crippen LogP contribution in [0.25, 0.3) is 11.3 Å². The van der Waals surface area contributed by atoms with Gasteiger partial charge in [-0.05, 0) is 31.0 Å². The fraction of sp³-hybridized carbons (Fsp3) is 0.333. The Morgan fingerprint density at radius 3 is 2.67 bits per heavy atom.